The van der Waals surface area contributed by atoms with Gasteiger partial charge in [0.1, 0.15) is 4.83 Å². The molecule has 0 bridgehead atoms. The molecular formula is C5H8BrF3O. The molecule has 0 spiro atoms. The molecule has 62 valence electrons. The molecule has 0 aliphatic rings. The van der Waals surface area contributed by atoms with E-state index in [9.17, 15) is 13.2 Å². The van der Waals surface area contributed by atoms with Crippen LogP contribution in [0.4, 0.5) is 13.2 Å². The lowest BCUT2D eigenvalue weighted by Gasteiger charge is -2.12. The van der Waals surface area contributed by atoms with Crippen LogP contribution in [-0.2, 0) is 4.74 Å². The van der Waals surface area contributed by atoms with Crippen LogP contribution in [0.5, 0.6) is 0 Å². The van der Waals surface area contributed by atoms with Crippen molar-refractivity contribution < 1.29 is 17.9 Å². The normalized spacial score (nSPS) is 15.3. The molecule has 5 heteroatoms. The molecule has 0 fully saturated rings. The van der Waals surface area contributed by atoms with E-state index in [1.807, 2.05) is 0 Å². The van der Waals surface area contributed by atoms with Gasteiger partial charge >= 0.3 is 6.18 Å². The van der Waals surface area contributed by atoms with E-state index in [0.29, 0.717) is 6.61 Å². The smallest absolute Gasteiger partial charge is 0.380 e. The van der Waals surface area contributed by atoms with Gasteiger partial charge < -0.3 is 4.74 Å². The van der Waals surface area contributed by atoms with Crippen molar-refractivity contribution in [3.8, 4) is 0 Å². The molecule has 0 radical (unpaired) electrons. The third kappa shape index (κ3) is 4.11. The van der Waals surface area contributed by atoms with Crippen molar-refractivity contribution in [3.63, 3.8) is 0 Å². The van der Waals surface area contributed by atoms with Gasteiger partial charge in [0.15, 0.2) is 0 Å². The van der Waals surface area contributed by atoms with Gasteiger partial charge in [-0.25, -0.2) is 0 Å². The van der Waals surface area contributed by atoms with Gasteiger partial charge in [-0.1, -0.05) is 15.9 Å². The minimum atomic E-state index is -4.20. The number of alkyl halides is 4. The van der Waals surface area contributed by atoms with E-state index in [2.05, 4.69) is 20.7 Å². The molecule has 0 saturated heterocycles. The highest BCUT2D eigenvalue weighted by Crippen LogP contribution is 2.26. The van der Waals surface area contributed by atoms with Gasteiger partial charge in [0.05, 0.1) is 6.61 Å². The molecule has 1 atom stereocenters. The molecule has 0 heterocycles. The Kier molecular flexibility index (Phi) is 4.28. The maximum atomic E-state index is 11.6. The van der Waals surface area contributed by atoms with Crippen molar-refractivity contribution in [2.45, 2.75) is 17.9 Å². The summed E-state index contributed by atoms with van der Waals surface area (Å²) in [7, 11) is 0. The summed E-state index contributed by atoms with van der Waals surface area (Å²) in [5.41, 5.74) is 0. The van der Waals surface area contributed by atoms with Crippen LogP contribution < -0.4 is 0 Å². The summed E-state index contributed by atoms with van der Waals surface area (Å²) in [6.07, 6.45) is -4.20. The van der Waals surface area contributed by atoms with Gasteiger partial charge in [0.2, 0.25) is 0 Å². The van der Waals surface area contributed by atoms with Crippen molar-refractivity contribution in [1.29, 1.82) is 0 Å². The van der Waals surface area contributed by atoms with Gasteiger partial charge in [0, 0.05) is 6.61 Å². The van der Waals surface area contributed by atoms with E-state index < -0.39 is 11.0 Å². The third-order valence-corrected chi connectivity index (χ3v) is 1.61. The third-order valence-electron chi connectivity index (χ3n) is 0.823. The first-order valence-electron chi connectivity index (χ1n) is 2.77. The summed E-state index contributed by atoms with van der Waals surface area (Å²) in [6.45, 7) is 1.63. The minimum absolute atomic E-state index is 0.304. The van der Waals surface area contributed by atoms with Gasteiger partial charge in [0.25, 0.3) is 0 Å². The van der Waals surface area contributed by atoms with Crippen molar-refractivity contribution in [3.05, 3.63) is 0 Å². The summed E-state index contributed by atoms with van der Waals surface area (Å²) in [4.78, 5) is -1.54. The van der Waals surface area contributed by atoms with Crippen LogP contribution in [0.1, 0.15) is 6.92 Å². The number of ether oxygens (including phenoxy) is 1. The molecule has 0 aliphatic heterocycles. The average molecular weight is 221 g/mol. The van der Waals surface area contributed by atoms with Gasteiger partial charge in [-0.15, -0.1) is 0 Å². The van der Waals surface area contributed by atoms with E-state index in [1.165, 1.54) is 0 Å². The van der Waals surface area contributed by atoms with Crippen molar-refractivity contribution in [2.24, 2.45) is 0 Å². The first kappa shape index (κ1) is 10.2. The Morgan fingerprint density at radius 2 is 2.00 bits per heavy atom. The highest BCUT2D eigenvalue weighted by Gasteiger charge is 2.37. The number of rotatable bonds is 3. The minimum Gasteiger partial charge on any atom is -0.380 e. The van der Waals surface area contributed by atoms with Crippen LogP contribution in [-0.4, -0.2) is 24.2 Å². The predicted octanol–water partition coefficient (Wildman–Crippen LogP) is 2.35. The van der Waals surface area contributed by atoms with Gasteiger partial charge in [-0.2, -0.15) is 13.2 Å². The first-order chi connectivity index (χ1) is 4.48. The Hall–Kier alpha value is 0.230. The fourth-order valence-corrected chi connectivity index (χ4v) is 0.503. The van der Waals surface area contributed by atoms with E-state index in [4.69, 9.17) is 0 Å². The SMILES string of the molecule is CCOCC(Br)C(F)(F)F. The molecule has 0 amide bonds. The summed E-state index contributed by atoms with van der Waals surface area (Å²) in [5, 5.41) is 0. The summed E-state index contributed by atoms with van der Waals surface area (Å²) < 4.78 is 39.5. The Morgan fingerprint density at radius 3 is 2.30 bits per heavy atom. The lowest BCUT2D eigenvalue weighted by atomic mass is 10.4. The average Bonchev–Trinajstić information content (AvgIpc) is 1.80. The zero-order chi connectivity index (χ0) is 8.20. The van der Waals surface area contributed by atoms with Gasteiger partial charge in [-0.05, 0) is 6.92 Å². The molecule has 0 aliphatic carbocycles. The first-order valence-corrected chi connectivity index (χ1v) is 3.68. The standard InChI is InChI=1S/C5H8BrF3O/c1-2-10-3-4(6)5(7,8)9/h4H,2-3H2,1H3. The highest BCUT2D eigenvalue weighted by molar-refractivity contribution is 9.09. The zero-order valence-corrected chi connectivity index (χ0v) is 7.00. The molecule has 1 nitrogen and oxygen atoms in total. The zero-order valence-electron chi connectivity index (χ0n) is 5.41. The largest absolute Gasteiger partial charge is 0.403 e. The highest BCUT2D eigenvalue weighted by atomic mass is 79.9. The molecule has 0 aromatic carbocycles. The van der Waals surface area contributed by atoms with E-state index in [1.54, 1.807) is 6.92 Å². The van der Waals surface area contributed by atoms with Gasteiger partial charge in [-0.3, -0.25) is 0 Å². The van der Waals surface area contributed by atoms with Crippen LogP contribution in [0.3, 0.4) is 0 Å². The van der Waals surface area contributed by atoms with Crippen molar-refractivity contribution in [2.75, 3.05) is 13.2 Å². The molecule has 1 unspecified atom stereocenters. The van der Waals surface area contributed by atoms with Crippen molar-refractivity contribution in [1.82, 2.24) is 0 Å². The number of hydrogen-bond donors (Lipinski definition) is 0. The van der Waals surface area contributed by atoms with Crippen LogP contribution in [0, 0.1) is 0 Å². The Morgan fingerprint density at radius 1 is 1.50 bits per heavy atom. The fourth-order valence-electron chi connectivity index (χ4n) is 0.316. The molecule has 10 heavy (non-hydrogen) atoms. The van der Waals surface area contributed by atoms with E-state index in [0.717, 1.165) is 0 Å². The summed E-state index contributed by atoms with van der Waals surface area (Å²) >= 11 is 2.45. The molecular weight excluding hydrogens is 213 g/mol. The topological polar surface area (TPSA) is 9.23 Å². The Bertz CT molecular complexity index is 93.4. The maximum absolute atomic E-state index is 11.6. The summed E-state index contributed by atoms with van der Waals surface area (Å²) in [6, 6.07) is 0. The van der Waals surface area contributed by atoms with Crippen LogP contribution in [0.25, 0.3) is 0 Å². The van der Waals surface area contributed by atoms with Crippen LogP contribution in [0.2, 0.25) is 0 Å². The second-order valence-electron chi connectivity index (χ2n) is 1.67. The molecule has 0 aromatic heterocycles. The molecule has 0 saturated carbocycles. The molecule has 0 rings (SSSR count). The Balaban J connectivity index is 3.52. The van der Waals surface area contributed by atoms with Crippen LogP contribution >= 0.6 is 15.9 Å². The number of hydrogen-bond acceptors (Lipinski definition) is 1. The second kappa shape index (κ2) is 4.18. The number of halogens is 4. The predicted molar refractivity (Wildman–Crippen MR) is 35.3 cm³/mol. The monoisotopic (exact) mass is 220 g/mol. The van der Waals surface area contributed by atoms with E-state index in [-0.39, 0.29) is 6.61 Å². The second-order valence-corrected chi connectivity index (χ2v) is 2.77. The van der Waals surface area contributed by atoms with E-state index >= 15 is 0 Å². The lowest BCUT2D eigenvalue weighted by molar-refractivity contribution is -0.136. The maximum Gasteiger partial charge on any atom is 0.403 e. The van der Waals surface area contributed by atoms with Crippen LogP contribution in [0.15, 0.2) is 0 Å². The molecule has 0 N–H and O–H groups in total. The summed E-state index contributed by atoms with van der Waals surface area (Å²) in [5.74, 6) is 0. The quantitative estimate of drug-likeness (QED) is 0.664. The fraction of sp³-hybridized carbons (Fsp3) is 1.00. The lowest BCUT2D eigenvalue weighted by Crippen LogP contribution is -2.27. The van der Waals surface area contributed by atoms with Crippen molar-refractivity contribution >= 4 is 15.9 Å². The Labute approximate surface area is 65.7 Å². The molecule has 0 aromatic rings.